The number of nitrogens with zero attached hydrogens (tertiary/aromatic N) is 2. The van der Waals surface area contributed by atoms with Crippen LogP contribution in [-0.2, 0) is 4.74 Å². The molecule has 1 saturated heterocycles. The lowest BCUT2D eigenvalue weighted by molar-refractivity contribution is -0.384. The Morgan fingerprint density at radius 3 is 2.73 bits per heavy atom. The maximum atomic E-state index is 13.3. The minimum Gasteiger partial charge on any atom is -0.450 e. The van der Waals surface area contributed by atoms with E-state index in [-0.39, 0.29) is 35.1 Å². The Morgan fingerprint density at radius 1 is 1.13 bits per heavy atom. The Hall–Kier alpha value is -3.52. The van der Waals surface area contributed by atoms with Crippen LogP contribution in [0.3, 0.4) is 0 Å². The van der Waals surface area contributed by atoms with E-state index in [1.54, 1.807) is 41.3 Å². The zero-order valence-electron chi connectivity index (χ0n) is 15.9. The number of rotatable bonds is 4. The third-order valence-corrected chi connectivity index (χ3v) is 5.69. The number of carbonyl (C=O) groups excluding carboxylic acids is 1. The van der Waals surface area contributed by atoms with Crippen LogP contribution < -0.4 is 5.43 Å². The summed E-state index contributed by atoms with van der Waals surface area (Å²) in [5, 5.41) is 11.7. The fourth-order valence-corrected chi connectivity index (χ4v) is 4.32. The summed E-state index contributed by atoms with van der Waals surface area (Å²) in [6.07, 6.45) is 1.57. The van der Waals surface area contributed by atoms with Crippen LogP contribution in [0.4, 0.5) is 5.69 Å². The highest BCUT2D eigenvalue weighted by Crippen LogP contribution is 2.39. The van der Waals surface area contributed by atoms with Crippen molar-refractivity contribution in [3.05, 3.63) is 85.8 Å². The highest BCUT2D eigenvalue weighted by molar-refractivity contribution is 5.99. The van der Waals surface area contributed by atoms with Crippen LogP contribution in [0.1, 0.15) is 40.6 Å². The van der Waals surface area contributed by atoms with E-state index in [1.165, 1.54) is 12.1 Å². The average molecular weight is 406 g/mol. The van der Waals surface area contributed by atoms with Crippen LogP contribution in [0.15, 0.2) is 57.7 Å². The van der Waals surface area contributed by atoms with E-state index >= 15 is 0 Å². The normalized spacial score (nSPS) is 20.7. The number of non-ortho nitro benzene ring substituents is 1. The molecular formula is C22H18N2O6. The molecule has 2 atom stereocenters. The molecule has 0 saturated carbocycles. The van der Waals surface area contributed by atoms with Crippen molar-refractivity contribution in [2.24, 2.45) is 0 Å². The van der Waals surface area contributed by atoms with Gasteiger partial charge in [-0.1, -0.05) is 24.3 Å². The first-order valence-corrected chi connectivity index (χ1v) is 9.77. The van der Waals surface area contributed by atoms with Gasteiger partial charge in [-0.3, -0.25) is 19.7 Å². The second-order valence-electron chi connectivity index (χ2n) is 7.52. The third-order valence-electron chi connectivity index (χ3n) is 5.69. The van der Waals surface area contributed by atoms with Crippen LogP contribution in [-0.4, -0.2) is 35.0 Å². The van der Waals surface area contributed by atoms with Crippen molar-refractivity contribution < 1.29 is 18.9 Å². The monoisotopic (exact) mass is 406 g/mol. The molecule has 2 aliphatic rings. The van der Waals surface area contributed by atoms with Gasteiger partial charge in [-0.2, -0.15) is 0 Å². The van der Waals surface area contributed by atoms with E-state index in [4.69, 9.17) is 9.15 Å². The first-order chi connectivity index (χ1) is 14.5. The molecule has 1 aromatic heterocycles. The summed E-state index contributed by atoms with van der Waals surface area (Å²) < 4.78 is 11.6. The summed E-state index contributed by atoms with van der Waals surface area (Å²) in [7, 11) is 0. The molecule has 30 heavy (non-hydrogen) atoms. The zero-order valence-corrected chi connectivity index (χ0v) is 15.9. The van der Waals surface area contributed by atoms with E-state index in [9.17, 15) is 19.7 Å². The summed E-state index contributed by atoms with van der Waals surface area (Å²) in [6.45, 7) is 0.911. The van der Waals surface area contributed by atoms with E-state index in [1.807, 2.05) is 0 Å². The lowest BCUT2D eigenvalue weighted by Gasteiger charge is -2.27. The van der Waals surface area contributed by atoms with Crippen LogP contribution in [0, 0.1) is 10.1 Å². The van der Waals surface area contributed by atoms with E-state index in [0.717, 1.165) is 12.8 Å². The molecule has 0 N–H and O–H groups in total. The van der Waals surface area contributed by atoms with Crippen LogP contribution in [0.25, 0.3) is 11.0 Å². The minimum absolute atomic E-state index is 0.00629. The number of ether oxygens (including phenoxy) is 1. The highest BCUT2D eigenvalue weighted by atomic mass is 16.6. The maximum absolute atomic E-state index is 13.3. The Morgan fingerprint density at radius 2 is 1.97 bits per heavy atom. The first kappa shape index (κ1) is 18.5. The zero-order chi connectivity index (χ0) is 20.8. The van der Waals surface area contributed by atoms with Crippen molar-refractivity contribution >= 4 is 22.6 Å². The number of hydrogen-bond acceptors (Lipinski definition) is 6. The van der Waals surface area contributed by atoms with Crippen LogP contribution >= 0.6 is 0 Å². The summed E-state index contributed by atoms with van der Waals surface area (Å²) >= 11 is 0. The summed E-state index contributed by atoms with van der Waals surface area (Å²) in [6, 6.07) is 12.0. The molecule has 8 nitrogen and oxygen atoms in total. The average Bonchev–Trinajstić information content (AvgIpc) is 3.36. The van der Waals surface area contributed by atoms with Crippen LogP contribution in [0.2, 0.25) is 0 Å². The van der Waals surface area contributed by atoms with Gasteiger partial charge in [-0.15, -0.1) is 0 Å². The number of hydrogen-bond donors (Lipinski definition) is 0. The number of amides is 1. The summed E-state index contributed by atoms with van der Waals surface area (Å²) in [5.74, 6) is -0.409. The largest absolute Gasteiger partial charge is 0.450 e. The molecule has 3 heterocycles. The fourth-order valence-electron chi connectivity index (χ4n) is 4.32. The number of benzene rings is 2. The van der Waals surface area contributed by atoms with Crippen LogP contribution in [0.5, 0.6) is 0 Å². The third kappa shape index (κ3) is 2.88. The number of nitro benzene ring substituents is 1. The van der Waals surface area contributed by atoms with Crippen molar-refractivity contribution in [3.63, 3.8) is 0 Å². The molecule has 0 bridgehead atoms. The van der Waals surface area contributed by atoms with Gasteiger partial charge >= 0.3 is 0 Å². The van der Waals surface area contributed by atoms with Gasteiger partial charge in [0.15, 0.2) is 5.43 Å². The lowest BCUT2D eigenvalue weighted by Crippen LogP contribution is -2.36. The molecule has 3 aromatic rings. The van der Waals surface area contributed by atoms with Crippen molar-refractivity contribution in [2.45, 2.75) is 25.0 Å². The van der Waals surface area contributed by atoms with Crippen molar-refractivity contribution in [1.29, 1.82) is 0 Å². The molecule has 2 aliphatic heterocycles. The van der Waals surface area contributed by atoms with E-state index < -0.39 is 16.9 Å². The van der Waals surface area contributed by atoms with Gasteiger partial charge in [0, 0.05) is 25.3 Å². The van der Waals surface area contributed by atoms with Crippen molar-refractivity contribution in [3.8, 4) is 0 Å². The Balaban J connectivity index is 1.71. The van der Waals surface area contributed by atoms with Gasteiger partial charge in [-0.25, -0.2) is 0 Å². The number of fused-ring (bicyclic) bond motifs is 2. The summed E-state index contributed by atoms with van der Waals surface area (Å²) in [4.78, 5) is 39.0. The molecule has 2 aromatic carbocycles. The highest BCUT2D eigenvalue weighted by Gasteiger charge is 2.44. The van der Waals surface area contributed by atoms with Gasteiger partial charge < -0.3 is 14.1 Å². The molecule has 0 radical (unpaired) electrons. The molecule has 1 fully saturated rings. The van der Waals surface area contributed by atoms with Crippen molar-refractivity contribution in [1.82, 2.24) is 4.90 Å². The molecule has 8 heteroatoms. The Kier molecular flexibility index (Phi) is 4.36. The van der Waals surface area contributed by atoms with E-state index in [0.29, 0.717) is 23.1 Å². The van der Waals surface area contributed by atoms with Gasteiger partial charge in [0.1, 0.15) is 5.58 Å². The standard InChI is InChI=1S/C22H18N2O6/c25-20-16-8-1-2-9-17(16)30-21-18(20)19(13-5-3-6-14(11-13)24(27)28)23(22(21)26)12-15-7-4-10-29-15/h1-3,5-6,8-9,11,15,19H,4,7,10,12H2/t15-,19-/m1/s1. The number of para-hydroxylation sites is 1. The SMILES string of the molecule is O=C1c2oc3ccccc3c(=O)c2[C@@H](c2cccc([N+](=O)[O-])c2)N1C[C@H]1CCCO1. The summed E-state index contributed by atoms with van der Waals surface area (Å²) in [5.41, 5.74) is 0.655. The maximum Gasteiger partial charge on any atom is 0.291 e. The number of carbonyl (C=O) groups is 1. The minimum atomic E-state index is -0.766. The Labute approximate surface area is 170 Å². The molecule has 1 amide bonds. The molecule has 152 valence electrons. The van der Waals surface area contributed by atoms with Gasteiger partial charge in [0.05, 0.1) is 28.0 Å². The molecule has 5 rings (SSSR count). The predicted molar refractivity (Wildman–Crippen MR) is 107 cm³/mol. The van der Waals surface area contributed by atoms with Gasteiger partial charge in [-0.05, 0) is 30.5 Å². The Bertz CT molecular complexity index is 1230. The van der Waals surface area contributed by atoms with Crippen molar-refractivity contribution in [2.75, 3.05) is 13.2 Å². The van der Waals surface area contributed by atoms with E-state index in [2.05, 4.69) is 0 Å². The lowest BCUT2D eigenvalue weighted by atomic mass is 9.98. The van der Waals surface area contributed by atoms with Gasteiger partial charge in [0.2, 0.25) is 5.76 Å². The first-order valence-electron chi connectivity index (χ1n) is 9.77. The smallest absolute Gasteiger partial charge is 0.291 e. The molecule has 0 aliphatic carbocycles. The topological polar surface area (TPSA) is 103 Å². The molecule has 0 unspecified atom stereocenters. The molecular weight excluding hydrogens is 388 g/mol. The fraction of sp³-hybridized carbons (Fsp3) is 0.273. The second kappa shape index (κ2) is 7.07. The van der Waals surface area contributed by atoms with Gasteiger partial charge in [0.25, 0.3) is 11.6 Å². The second-order valence-corrected chi connectivity index (χ2v) is 7.52. The number of nitro groups is 1. The quantitative estimate of drug-likeness (QED) is 0.486. The predicted octanol–water partition coefficient (Wildman–Crippen LogP) is 3.43. The molecule has 0 spiro atoms.